The Hall–Kier alpha value is -3.22. The van der Waals surface area contributed by atoms with Gasteiger partial charge in [-0.15, -0.1) is 0 Å². The number of oxazole rings is 1. The van der Waals surface area contributed by atoms with Crippen LogP contribution in [0.1, 0.15) is 30.5 Å². The van der Waals surface area contributed by atoms with Gasteiger partial charge < -0.3 is 9.73 Å². The second-order valence-electron chi connectivity index (χ2n) is 7.28. The molecule has 0 unspecified atom stereocenters. The van der Waals surface area contributed by atoms with Crippen LogP contribution in [0.15, 0.2) is 57.8 Å². The van der Waals surface area contributed by atoms with Gasteiger partial charge in [-0.25, -0.2) is 12.8 Å². The van der Waals surface area contributed by atoms with Gasteiger partial charge in [-0.1, -0.05) is 18.6 Å². The van der Waals surface area contributed by atoms with E-state index in [2.05, 4.69) is 10.3 Å². The topological polar surface area (TPSA) is 99.2 Å². The molecule has 0 aliphatic carbocycles. The standard InChI is InChI=1S/C22H21FN4O3S/c23-18-8-4-16(5-9-18)15-25-22-20(14-24)26-21(30-22)17-6-10-19(11-7-17)31(28,29)27-12-2-1-3-13-27/h4-11,25H,1-3,12-13,15H2. The molecule has 1 aromatic heterocycles. The van der Waals surface area contributed by atoms with E-state index in [-0.39, 0.29) is 28.2 Å². The van der Waals surface area contributed by atoms with Crippen molar-refractivity contribution >= 4 is 15.9 Å². The molecule has 0 atom stereocenters. The summed E-state index contributed by atoms with van der Waals surface area (Å²) >= 11 is 0. The lowest BCUT2D eigenvalue weighted by atomic mass is 10.2. The number of nitriles is 1. The van der Waals surface area contributed by atoms with Crippen LogP contribution in [0.5, 0.6) is 0 Å². The molecule has 3 aromatic rings. The number of rotatable bonds is 6. The SMILES string of the molecule is N#Cc1nc(-c2ccc(S(=O)(=O)N3CCCCC3)cc2)oc1NCc1ccc(F)cc1. The van der Waals surface area contributed by atoms with E-state index >= 15 is 0 Å². The van der Waals surface area contributed by atoms with Gasteiger partial charge in [0, 0.05) is 25.2 Å². The van der Waals surface area contributed by atoms with Gasteiger partial charge in [-0.05, 0) is 54.8 Å². The first-order chi connectivity index (χ1) is 15.0. The Morgan fingerprint density at radius 3 is 2.39 bits per heavy atom. The Morgan fingerprint density at radius 1 is 1.06 bits per heavy atom. The predicted molar refractivity (Wildman–Crippen MR) is 113 cm³/mol. The number of hydrogen-bond acceptors (Lipinski definition) is 6. The van der Waals surface area contributed by atoms with Gasteiger partial charge in [0.15, 0.2) is 0 Å². The second kappa shape index (κ2) is 8.88. The van der Waals surface area contributed by atoms with Crippen molar-refractivity contribution in [2.75, 3.05) is 18.4 Å². The van der Waals surface area contributed by atoms with E-state index in [1.165, 1.54) is 28.6 Å². The average molecular weight is 441 g/mol. The summed E-state index contributed by atoms with van der Waals surface area (Å²) in [4.78, 5) is 4.42. The highest BCUT2D eigenvalue weighted by atomic mass is 32.2. The average Bonchev–Trinajstić information content (AvgIpc) is 3.23. The van der Waals surface area contributed by atoms with Crippen molar-refractivity contribution in [1.29, 1.82) is 5.26 Å². The minimum Gasteiger partial charge on any atom is -0.419 e. The highest BCUT2D eigenvalue weighted by Crippen LogP contribution is 2.28. The van der Waals surface area contributed by atoms with Crippen LogP contribution in [0, 0.1) is 17.1 Å². The van der Waals surface area contributed by atoms with Crippen LogP contribution in [0.3, 0.4) is 0 Å². The molecule has 2 aromatic carbocycles. The van der Waals surface area contributed by atoms with Gasteiger partial charge in [0.2, 0.25) is 27.5 Å². The first-order valence-corrected chi connectivity index (χ1v) is 11.4. The largest absolute Gasteiger partial charge is 0.419 e. The molecule has 9 heteroatoms. The van der Waals surface area contributed by atoms with E-state index in [9.17, 15) is 18.1 Å². The predicted octanol–water partition coefficient (Wildman–Crippen LogP) is 4.14. The molecule has 0 spiro atoms. The summed E-state index contributed by atoms with van der Waals surface area (Å²) in [5, 5.41) is 12.4. The van der Waals surface area contributed by atoms with Crippen molar-refractivity contribution in [3.05, 3.63) is 65.6 Å². The lowest BCUT2D eigenvalue weighted by Crippen LogP contribution is -2.35. The summed E-state index contributed by atoms with van der Waals surface area (Å²) in [6, 6.07) is 14.2. The minimum atomic E-state index is -3.52. The number of anilines is 1. The van der Waals surface area contributed by atoms with Gasteiger partial charge in [0.1, 0.15) is 11.9 Å². The minimum absolute atomic E-state index is 0.0853. The first-order valence-electron chi connectivity index (χ1n) is 9.97. The van der Waals surface area contributed by atoms with Gasteiger partial charge >= 0.3 is 0 Å². The van der Waals surface area contributed by atoms with Crippen LogP contribution < -0.4 is 5.32 Å². The molecule has 2 heterocycles. The third kappa shape index (κ3) is 4.60. The highest BCUT2D eigenvalue weighted by Gasteiger charge is 2.26. The number of nitrogens with one attached hydrogen (secondary N) is 1. The zero-order chi connectivity index (χ0) is 21.8. The zero-order valence-electron chi connectivity index (χ0n) is 16.7. The molecular weight excluding hydrogens is 419 g/mol. The Labute approximate surface area is 180 Å². The fraction of sp³-hybridized carbons (Fsp3) is 0.273. The van der Waals surface area contributed by atoms with E-state index in [4.69, 9.17) is 4.42 Å². The van der Waals surface area contributed by atoms with E-state index in [1.54, 1.807) is 24.3 Å². The van der Waals surface area contributed by atoms with Crippen molar-refractivity contribution in [2.45, 2.75) is 30.7 Å². The molecule has 1 fully saturated rings. The maximum Gasteiger partial charge on any atom is 0.243 e. The lowest BCUT2D eigenvalue weighted by molar-refractivity contribution is 0.346. The Bertz CT molecular complexity index is 1190. The summed E-state index contributed by atoms with van der Waals surface area (Å²) in [5.41, 5.74) is 1.46. The fourth-order valence-electron chi connectivity index (χ4n) is 3.45. The lowest BCUT2D eigenvalue weighted by Gasteiger charge is -2.25. The van der Waals surface area contributed by atoms with Crippen LogP contribution in [0.25, 0.3) is 11.5 Å². The highest BCUT2D eigenvalue weighted by molar-refractivity contribution is 7.89. The van der Waals surface area contributed by atoms with Crippen molar-refractivity contribution in [1.82, 2.24) is 9.29 Å². The molecular formula is C22H21FN4O3S. The van der Waals surface area contributed by atoms with Gasteiger partial charge in [0.25, 0.3) is 0 Å². The summed E-state index contributed by atoms with van der Waals surface area (Å²) in [7, 11) is -3.52. The summed E-state index contributed by atoms with van der Waals surface area (Å²) in [6.07, 6.45) is 2.80. The number of benzene rings is 2. The van der Waals surface area contributed by atoms with E-state index in [0.29, 0.717) is 25.2 Å². The number of sulfonamides is 1. The molecule has 1 saturated heterocycles. The summed E-state index contributed by atoms with van der Waals surface area (Å²) in [5.74, 6) is 0.0843. The third-order valence-corrected chi connectivity index (χ3v) is 7.07. The normalized spacial score (nSPS) is 14.8. The maximum atomic E-state index is 13.0. The monoisotopic (exact) mass is 440 g/mol. The van der Waals surface area contributed by atoms with Crippen molar-refractivity contribution < 1.29 is 17.2 Å². The molecule has 0 amide bonds. The van der Waals surface area contributed by atoms with Crippen LogP contribution in [0.4, 0.5) is 10.3 Å². The van der Waals surface area contributed by atoms with Gasteiger partial charge in [-0.3, -0.25) is 0 Å². The van der Waals surface area contributed by atoms with E-state index in [0.717, 1.165) is 24.8 Å². The molecule has 31 heavy (non-hydrogen) atoms. The van der Waals surface area contributed by atoms with Gasteiger partial charge in [0.05, 0.1) is 4.90 Å². The van der Waals surface area contributed by atoms with Crippen LogP contribution in [0.2, 0.25) is 0 Å². The molecule has 160 valence electrons. The Morgan fingerprint density at radius 2 is 1.74 bits per heavy atom. The number of halogens is 1. The Kier molecular flexibility index (Phi) is 6.02. The van der Waals surface area contributed by atoms with Crippen LogP contribution in [-0.4, -0.2) is 30.8 Å². The first kappa shape index (κ1) is 21.0. The number of hydrogen-bond donors (Lipinski definition) is 1. The Balaban J connectivity index is 1.51. The summed E-state index contributed by atoms with van der Waals surface area (Å²) < 4.78 is 45.8. The zero-order valence-corrected chi connectivity index (χ0v) is 17.5. The maximum absolute atomic E-state index is 13.0. The molecule has 0 bridgehead atoms. The van der Waals surface area contributed by atoms with E-state index < -0.39 is 10.0 Å². The quantitative estimate of drug-likeness (QED) is 0.619. The molecule has 7 nitrogen and oxygen atoms in total. The molecule has 1 aliphatic heterocycles. The number of aromatic nitrogens is 1. The van der Waals surface area contributed by atoms with Crippen molar-refractivity contribution in [3.8, 4) is 17.5 Å². The molecule has 1 N–H and O–H groups in total. The second-order valence-corrected chi connectivity index (χ2v) is 9.22. The number of piperidine rings is 1. The van der Waals surface area contributed by atoms with Crippen molar-refractivity contribution in [3.63, 3.8) is 0 Å². The van der Waals surface area contributed by atoms with Crippen molar-refractivity contribution in [2.24, 2.45) is 0 Å². The molecule has 0 radical (unpaired) electrons. The van der Waals surface area contributed by atoms with Crippen LogP contribution >= 0.6 is 0 Å². The van der Waals surface area contributed by atoms with Crippen LogP contribution in [-0.2, 0) is 16.6 Å². The summed E-state index contributed by atoms with van der Waals surface area (Å²) in [6.45, 7) is 1.41. The molecule has 0 saturated carbocycles. The number of nitrogens with zero attached hydrogens (tertiary/aromatic N) is 3. The molecule has 1 aliphatic rings. The third-order valence-electron chi connectivity index (χ3n) is 5.15. The smallest absolute Gasteiger partial charge is 0.243 e. The van der Waals surface area contributed by atoms with Gasteiger partial charge in [-0.2, -0.15) is 14.6 Å². The fourth-order valence-corrected chi connectivity index (χ4v) is 4.96. The van der Waals surface area contributed by atoms with E-state index in [1.807, 2.05) is 6.07 Å². The molecule has 4 rings (SSSR count).